The van der Waals surface area contributed by atoms with E-state index in [1.807, 2.05) is 32.6 Å². The van der Waals surface area contributed by atoms with Crippen LogP contribution in [0.25, 0.3) is 0 Å². The predicted octanol–water partition coefficient (Wildman–Crippen LogP) is 2.82. The average molecular weight is 426 g/mol. The van der Waals surface area contributed by atoms with Crippen molar-refractivity contribution in [3.05, 3.63) is 29.0 Å². The van der Waals surface area contributed by atoms with Crippen molar-refractivity contribution >= 4 is 29.2 Å². The Bertz CT molecular complexity index is 801. The SMILES string of the molecule is CC(C)[C@@H]1C[C@@H](C(N)CN2CC(=O)N(c3cc(F)ccc3Cl)CC2(C)C)OC1=O. The molecule has 1 amide bonds. The molecule has 1 unspecified atom stereocenters. The highest BCUT2D eigenvalue weighted by Crippen LogP contribution is 2.33. The van der Waals surface area contributed by atoms with E-state index in [-0.39, 0.29) is 42.4 Å². The van der Waals surface area contributed by atoms with Crippen LogP contribution in [0.3, 0.4) is 0 Å². The number of ether oxygens (including phenoxy) is 1. The quantitative estimate of drug-likeness (QED) is 0.734. The molecule has 0 aliphatic carbocycles. The molecule has 29 heavy (non-hydrogen) atoms. The van der Waals surface area contributed by atoms with Gasteiger partial charge >= 0.3 is 5.97 Å². The van der Waals surface area contributed by atoms with Gasteiger partial charge in [-0.1, -0.05) is 25.4 Å². The third-order valence-electron chi connectivity index (χ3n) is 6.00. The number of rotatable bonds is 5. The second-order valence-electron chi connectivity index (χ2n) is 8.99. The van der Waals surface area contributed by atoms with E-state index in [0.717, 1.165) is 0 Å². The van der Waals surface area contributed by atoms with E-state index in [2.05, 4.69) is 0 Å². The molecule has 0 spiro atoms. The van der Waals surface area contributed by atoms with Gasteiger partial charge in [-0.3, -0.25) is 14.5 Å². The van der Waals surface area contributed by atoms with E-state index in [0.29, 0.717) is 30.2 Å². The lowest BCUT2D eigenvalue weighted by atomic mass is 9.90. The molecule has 2 heterocycles. The Morgan fingerprint density at radius 3 is 2.66 bits per heavy atom. The number of benzene rings is 1. The van der Waals surface area contributed by atoms with Crippen molar-refractivity contribution in [2.75, 3.05) is 24.5 Å². The summed E-state index contributed by atoms with van der Waals surface area (Å²) in [6.07, 6.45) is 0.252. The average Bonchev–Trinajstić information content (AvgIpc) is 3.02. The maximum Gasteiger partial charge on any atom is 0.309 e. The molecule has 2 fully saturated rings. The molecule has 0 radical (unpaired) electrons. The molecule has 3 atom stereocenters. The number of carbonyl (C=O) groups is 2. The number of carbonyl (C=O) groups excluding carboxylic acids is 2. The Balaban J connectivity index is 1.70. The van der Waals surface area contributed by atoms with Crippen LogP contribution in [-0.4, -0.2) is 54.1 Å². The van der Waals surface area contributed by atoms with Crippen molar-refractivity contribution in [2.24, 2.45) is 17.6 Å². The van der Waals surface area contributed by atoms with Crippen LogP contribution in [0.2, 0.25) is 5.02 Å². The number of piperazine rings is 1. The van der Waals surface area contributed by atoms with Crippen molar-refractivity contribution in [2.45, 2.75) is 51.8 Å². The summed E-state index contributed by atoms with van der Waals surface area (Å²) >= 11 is 6.20. The van der Waals surface area contributed by atoms with Crippen molar-refractivity contribution in [3.63, 3.8) is 0 Å². The van der Waals surface area contributed by atoms with E-state index >= 15 is 0 Å². The minimum atomic E-state index is -0.442. The molecule has 2 aliphatic rings. The van der Waals surface area contributed by atoms with Crippen LogP contribution in [0, 0.1) is 17.7 Å². The highest BCUT2D eigenvalue weighted by Gasteiger charge is 2.43. The Hall–Kier alpha value is -1.70. The lowest BCUT2D eigenvalue weighted by Gasteiger charge is -2.47. The van der Waals surface area contributed by atoms with Crippen LogP contribution < -0.4 is 10.6 Å². The highest BCUT2D eigenvalue weighted by atomic mass is 35.5. The smallest absolute Gasteiger partial charge is 0.309 e. The fourth-order valence-corrected chi connectivity index (χ4v) is 4.29. The van der Waals surface area contributed by atoms with Gasteiger partial charge in [-0.05, 0) is 44.4 Å². The first-order valence-electron chi connectivity index (χ1n) is 9.96. The van der Waals surface area contributed by atoms with Gasteiger partial charge in [0, 0.05) is 18.6 Å². The lowest BCUT2D eigenvalue weighted by molar-refractivity contribution is -0.146. The number of hydrogen-bond donors (Lipinski definition) is 1. The number of amides is 1. The maximum absolute atomic E-state index is 13.7. The lowest BCUT2D eigenvalue weighted by Crippen LogP contribution is -2.64. The summed E-state index contributed by atoms with van der Waals surface area (Å²) in [5.41, 5.74) is 6.33. The molecule has 0 saturated carbocycles. The van der Waals surface area contributed by atoms with Crippen LogP contribution in [0.1, 0.15) is 34.1 Å². The first-order valence-corrected chi connectivity index (χ1v) is 10.3. The van der Waals surface area contributed by atoms with Crippen molar-refractivity contribution < 1.29 is 18.7 Å². The molecule has 8 heteroatoms. The number of anilines is 1. The molecule has 3 rings (SSSR count). The molecule has 2 aliphatic heterocycles. The number of hydrogen-bond acceptors (Lipinski definition) is 5. The largest absolute Gasteiger partial charge is 0.460 e. The zero-order valence-electron chi connectivity index (χ0n) is 17.3. The third-order valence-corrected chi connectivity index (χ3v) is 6.32. The second kappa shape index (κ2) is 8.20. The van der Waals surface area contributed by atoms with Crippen molar-refractivity contribution in [1.82, 2.24) is 4.90 Å². The summed E-state index contributed by atoms with van der Waals surface area (Å²) < 4.78 is 19.2. The van der Waals surface area contributed by atoms with Gasteiger partial charge in [0.15, 0.2) is 0 Å². The molecule has 6 nitrogen and oxygen atoms in total. The summed E-state index contributed by atoms with van der Waals surface area (Å²) in [6, 6.07) is 3.61. The van der Waals surface area contributed by atoms with Gasteiger partial charge in [-0.2, -0.15) is 0 Å². The molecule has 0 bridgehead atoms. The Morgan fingerprint density at radius 2 is 2.03 bits per heavy atom. The fourth-order valence-electron chi connectivity index (χ4n) is 4.07. The summed E-state index contributed by atoms with van der Waals surface area (Å²) in [4.78, 5) is 28.4. The molecule has 160 valence electrons. The maximum atomic E-state index is 13.7. The third kappa shape index (κ3) is 4.57. The summed E-state index contributed by atoms with van der Waals surface area (Å²) in [6.45, 7) is 8.90. The number of cyclic esters (lactones) is 1. The first kappa shape index (κ1) is 22.0. The zero-order valence-corrected chi connectivity index (χ0v) is 18.1. The highest BCUT2D eigenvalue weighted by molar-refractivity contribution is 6.33. The van der Waals surface area contributed by atoms with Gasteiger partial charge in [0.25, 0.3) is 0 Å². The monoisotopic (exact) mass is 425 g/mol. The fraction of sp³-hybridized carbons (Fsp3) is 0.619. The van der Waals surface area contributed by atoms with Crippen LogP contribution in [0.4, 0.5) is 10.1 Å². The van der Waals surface area contributed by atoms with E-state index in [9.17, 15) is 14.0 Å². The summed E-state index contributed by atoms with van der Waals surface area (Å²) in [5, 5.41) is 0.332. The van der Waals surface area contributed by atoms with Gasteiger partial charge in [0.2, 0.25) is 5.91 Å². The predicted molar refractivity (Wildman–Crippen MR) is 110 cm³/mol. The molecule has 0 aromatic heterocycles. The zero-order chi connectivity index (χ0) is 21.5. The molecule has 2 N–H and O–H groups in total. The van der Waals surface area contributed by atoms with Gasteiger partial charge in [0.05, 0.1) is 29.2 Å². The van der Waals surface area contributed by atoms with E-state index < -0.39 is 11.4 Å². The van der Waals surface area contributed by atoms with Gasteiger partial charge in [0.1, 0.15) is 11.9 Å². The number of nitrogens with two attached hydrogens (primary N) is 1. The van der Waals surface area contributed by atoms with Gasteiger partial charge in [-0.25, -0.2) is 4.39 Å². The summed E-state index contributed by atoms with van der Waals surface area (Å²) in [7, 11) is 0. The molecule has 1 aromatic rings. The minimum absolute atomic E-state index is 0.127. The number of nitrogens with zero attached hydrogens (tertiary/aromatic N) is 2. The van der Waals surface area contributed by atoms with Gasteiger partial charge in [-0.15, -0.1) is 0 Å². The van der Waals surface area contributed by atoms with Crippen LogP contribution >= 0.6 is 11.6 Å². The molecule has 2 saturated heterocycles. The van der Waals surface area contributed by atoms with E-state index in [4.69, 9.17) is 22.1 Å². The number of halogens is 2. The molecular formula is C21H29ClFN3O3. The Labute approximate surface area is 176 Å². The topological polar surface area (TPSA) is 75.9 Å². The first-order chi connectivity index (χ1) is 13.5. The van der Waals surface area contributed by atoms with Crippen molar-refractivity contribution in [3.8, 4) is 0 Å². The number of esters is 1. The van der Waals surface area contributed by atoms with E-state index in [1.54, 1.807) is 0 Å². The standard InChI is InChI=1S/C21H29ClFN3O3/c1-12(2)14-8-18(29-20(14)28)16(24)9-25-10-19(27)26(11-21(25,3)4)17-7-13(23)5-6-15(17)22/h5-7,12,14,16,18H,8-11,24H2,1-4H3/t14-,16?,18-/m0/s1. The normalized spacial score (nSPS) is 26.1. The molecule has 1 aromatic carbocycles. The van der Waals surface area contributed by atoms with Crippen LogP contribution in [-0.2, 0) is 14.3 Å². The molecular weight excluding hydrogens is 397 g/mol. The van der Waals surface area contributed by atoms with Gasteiger partial charge < -0.3 is 15.4 Å². The van der Waals surface area contributed by atoms with Crippen LogP contribution in [0.5, 0.6) is 0 Å². The van der Waals surface area contributed by atoms with E-state index in [1.165, 1.54) is 23.1 Å². The van der Waals surface area contributed by atoms with Crippen LogP contribution in [0.15, 0.2) is 18.2 Å². The Morgan fingerprint density at radius 1 is 1.34 bits per heavy atom. The second-order valence-corrected chi connectivity index (χ2v) is 9.40. The minimum Gasteiger partial charge on any atom is -0.460 e. The summed E-state index contributed by atoms with van der Waals surface area (Å²) in [5.74, 6) is -0.735. The van der Waals surface area contributed by atoms with Crippen molar-refractivity contribution in [1.29, 1.82) is 0 Å². The Kier molecular flexibility index (Phi) is 6.22.